The molecule has 2 aliphatic heterocycles. The predicted molar refractivity (Wildman–Crippen MR) is 133 cm³/mol. The molecule has 1 aromatic carbocycles. The Bertz CT molecular complexity index is 1240. The van der Waals surface area contributed by atoms with E-state index in [1.807, 2.05) is 28.8 Å². The second-order valence-corrected chi connectivity index (χ2v) is 10.5. The number of benzene rings is 1. The van der Waals surface area contributed by atoms with Crippen LogP contribution >= 0.6 is 0 Å². The lowest BCUT2D eigenvalue weighted by Crippen LogP contribution is -2.54. The second kappa shape index (κ2) is 9.29. The van der Waals surface area contributed by atoms with Crippen molar-refractivity contribution in [1.82, 2.24) is 24.5 Å². The molecule has 1 saturated heterocycles. The summed E-state index contributed by atoms with van der Waals surface area (Å²) in [6, 6.07) is 8.26. The number of hydrogen-bond donors (Lipinski definition) is 2. The van der Waals surface area contributed by atoms with Gasteiger partial charge in [0.25, 0.3) is 0 Å². The van der Waals surface area contributed by atoms with Crippen LogP contribution in [0.4, 0.5) is 0 Å². The Morgan fingerprint density at radius 1 is 1.23 bits per heavy atom. The topological polar surface area (TPSA) is 103 Å². The first-order valence-electron chi connectivity index (χ1n) is 13.0. The van der Waals surface area contributed by atoms with Gasteiger partial charge in [-0.15, -0.1) is 5.10 Å². The summed E-state index contributed by atoms with van der Waals surface area (Å²) in [5, 5.41) is 40.8. The maximum Gasteiger partial charge on any atom is 0.179 e. The largest absolute Gasteiger partial charge is 0.396 e. The monoisotopic (exact) mass is 476 g/mol. The van der Waals surface area contributed by atoms with Crippen LogP contribution in [0.3, 0.4) is 0 Å². The average Bonchev–Trinajstić information content (AvgIpc) is 3.44. The van der Waals surface area contributed by atoms with Crippen LogP contribution in [-0.4, -0.2) is 47.8 Å². The Morgan fingerprint density at radius 2 is 2.06 bits per heavy atom. The van der Waals surface area contributed by atoms with Gasteiger partial charge in [0.15, 0.2) is 6.19 Å². The van der Waals surface area contributed by atoms with Crippen molar-refractivity contribution in [3.63, 3.8) is 0 Å². The molecule has 186 valence electrons. The quantitative estimate of drug-likeness (QED) is 0.378. The molecule has 8 nitrogen and oxygen atoms in total. The van der Waals surface area contributed by atoms with E-state index in [1.54, 1.807) is 0 Å². The fraction of sp³-hybridized carbons (Fsp3) is 0.593. The van der Waals surface area contributed by atoms with Gasteiger partial charge < -0.3 is 19.7 Å². The summed E-state index contributed by atoms with van der Waals surface area (Å²) in [6.07, 6.45) is 11.3. The first kappa shape index (κ1) is 23.8. The third-order valence-electron chi connectivity index (χ3n) is 8.26. The van der Waals surface area contributed by atoms with Crippen molar-refractivity contribution < 1.29 is 10.2 Å². The maximum atomic E-state index is 11.8. The van der Waals surface area contributed by atoms with E-state index >= 15 is 0 Å². The molecule has 2 aliphatic rings. The Balaban J connectivity index is 1.58. The van der Waals surface area contributed by atoms with Gasteiger partial charge in [-0.05, 0) is 63.5 Å². The lowest BCUT2D eigenvalue weighted by atomic mass is 9.63. The zero-order valence-electron chi connectivity index (χ0n) is 20.8. The fourth-order valence-corrected chi connectivity index (χ4v) is 6.77. The standard InChI is InChI=1S/C27H36N6O2/c1-3-27-13-8-14-31(19-28)25(27)24-22(12-15-32-17-20(29-30-32)9-6-7-16-34)21-10-4-5-11-23(21)33(24)26(2,35)18-27/h4-5,10-11,17,25,34-35H,3,6-9,12-16,18H2,1-2H3/t25-,26-,27+/m1/s1. The summed E-state index contributed by atoms with van der Waals surface area (Å²) in [6.45, 7) is 5.77. The molecule has 3 atom stereocenters. The first-order chi connectivity index (χ1) is 16.9. The molecule has 4 heterocycles. The van der Waals surface area contributed by atoms with E-state index in [1.165, 1.54) is 5.56 Å². The number of hydrogen-bond acceptors (Lipinski definition) is 6. The smallest absolute Gasteiger partial charge is 0.179 e. The molecule has 0 radical (unpaired) electrons. The third kappa shape index (κ3) is 4.01. The number of piperidine rings is 1. The van der Waals surface area contributed by atoms with Crippen LogP contribution in [0.2, 0.25) is 0 Å². The normalized spacial score (nSPS) is 25.9. The highest BCUT2D eigenvalue weighted by atomic mass is 16.3. The predicted octanol–water partition coefficient (Wildman–Crippen LogP) is 3.87. The first-order valence-corrected chi connectivity index (χ1v) is 13.0. The van der Waals surface area contributed by atoms with E-state index in [0.717, 1.165) is 73.8 Å². The molecule has 2 N–H and O–H groups in total. The Hall–Kier alpha value is -2.89. The Morgan fingerprint density at radius 3 is 2.83 bits per heavy atom. The number of aliphatic hydroxyl groups excluding tert-OH is 1. The minimum absolute atomic E-state index is 0.0429. The Kier molecular flexibility index (Phi) is 6.32. The van der Waals surface area contributed by atoms with Gasteiger partial charge >= 0.3 is 0 Å². The highest BCUT2D eigenvalue weighted by molar-refractivity contribution is 5.86. The number of rotatable bonds is 8. The molecular formula is C27H36N6O2. The van der Waals surface area contributed by atoms with Gasteiger partial charge in [-0.25, -0.2) is 0 Å². The van der Waals surface area contributed by atoms with Crippen molar-refractivity contribution in [3.8, 4) is 6.19 Å². The van der Waals surface area contributed by atoms with Crippen LogP contribution in [0.15, 0.2) is 30.5 Å². The van der Waals surface area contributed by atoms with Crippen molar-refractivity contribution in [3.05, 3.63) is 47.4 Å². The van der Waals surface area contributed by atoms with Crippen LogP contribution in [-0.2, 0) is 25.1 Å². The van der Waals surface area contributed by atoms with E-state index in [-0.39, 0.29) is 18.1 Å². The molecule has 0 saturated carbocycles. The summed E-state index contributed by atoms with van der Waals surface area (Å²) < 4.78 is 4.01. The lowest BCUT2D eigenvalue weighted by molar-refractivity contribution is -0.122. The molecule has 3 aromatic rings. The fourth-order valence-electron chi connectivity index (χ4n) is 6.77. The number of fused-ring (bicyclic) bond motifs is 5. The summed E-state index contributed by atoms with van der Waals surface area (Å²) in [5.74, 6) is 0. The number of aromatic nitrogens is 4. The molecule has 1 fully saturated rings. The van der Waals surface area contributed by atoms with E-state index in [9.17, 15) is 10.4 Å². The van der Waals surface area contributed by atoms with Crippen molar-refractivity contribution in [1.29, 1.82) is 5.26 Å². The molecular weight excluding hydrogens is 440 g/mol. The van der Waals surface area contributed by atoms with Gasteiger partial charge in [0.2, 0.25) is 0 Å². The van der Waals surface area contributed by atoms with Crippen LogP contribution in [0.1, 0.15) is 75.4 Å². The minimum atomic E-state index is -1.02. The molecule has 2 aromatic heterocycles. The molecule has 0 spiro atoms. The zero-order valence-corrected chi connectivity index (χ0v) is 20.8. The molecule has 0 unspecified atom stereocenters. The number of nitrogens with zero attached hydrogens (tertiary/aromatic N) is 6. The summed E-state index contributed by atoms with van der Waals surface area (Å²) in [4.78, 5) is 1.96. The van der Waals surface area contributed by atoms with Crippen LogP contribution in [0.25, 0.3) is 10.9 Å². The van der Waals surface area contributed by atoms with Crippen LogP contribution in [0.5, 0.6) is 0 Å². The van der Waals surface area contributed by atoms with Gasteiger partial charge in [0.1, 0.15) is 5.72 Å². The van der Waals surface area contributed by atoms with Gasteiger partial charge in [-0.2, -0.15) is 5.26 Å². The summed E-state index contributed by atoms with van der Waals surface area (Å²) >= 11 is 0. The maximum absolute atomic E-state index is 11.8. The van der Waals surface area contributed by atoms with Gasteiger partial charge in [0.05, 0.1) is 17.3 Å². The molecule has 0 bridgehead atoms. The van der Waals surface area contributed by atoms with E-state index in [2.05, 4.69) is 46.2 Å². The Labute approximate surface area is 206 Å². The summed E-state index contributed by atoms with van der Waals surface area (Å²) in [5.41, 5.74) is 3.10. The highest BCUT2D eigenvalue weighted by Gasteiger charge is 2.55. The average molecular weight is 477 g/mol. The molecule has 5 rings (SSSR count). The van der Waals surface area contributed by atoms with Crippen molar-refractivity contribution in [2.75, 3.05) is 13.2 Å². The van der Waals surface area contributed by atoms with E-state index in [0.29, 0.717) is 13.0 Å². The van der Waals surface area contributed by atoms with E-state index in [4.69, 9.17) is 5.11 Å². The molecule has 8 heteroatoms. The molecule has 35 heavy (non-hydrogen) atoms. The third-order valence-corrected chi connectivity index (χ3v) is 8.26. The van der Waals surface area contributed by atoms with Gasteiger partial charge in [0, 0.05) is 48.8 Å². The number of para-hydroxylation sites is 1. The SMILES string of the molecule is CC[C@@]12CCCN(C#N)[C@@H]1c1c(CCn3cc(CCCCO)nn3)c3ccccc3n1[C@](C)(O)C2. The number of likely N-dealkylation sites (tertiary alicyclic amines) is 1. The van der Waals surface area contributed by atoms with Crippen molar-refractivity contribution in [2.24, 2.45) is 5.41 Å². The zero-order chi connectivity index (χ0) is 24.6. The molecule has 0 amide bonds. The highest BCUT2D eigenvalue weighted by Crippen LogP contribution is 2.59. The number of unbranched alkanes of at least 4 members (excludes halogenated alkanes) is 1. The van der Waals surface area contributed by atoms with Crippen molar-refractivity contribution >= 4 is 10.9 Å². The van der Waals surface area contributed by atoms with Crippen LogP contribution in [0, 0.1) is 16.9 Å². The van der Waals surface area contributed by atoms with Crippen molar-refractivity contribution in [2.45, 2.75) is 83.5 Å². The van der Waals surface area contributed by atoms with Gasteiger partial charge in [-0.1, -0.05) is 30.3 Å². The molecule has 0 aliphatic carbocycles. The minimum Gasteiger partial charge on any atom is -0.396 e. The summed E-state index contributed by atoms with van der Waals surface area (Å²) in [7, 11) is 0. The van der Waals surface area contributed by atoms with E-state index < -0.39 is 5.72 Å². The number of nitriles is 1. The number of aliphatic hydroxyl groups is 2. The lowest BCUT2D eigenvalue weighted by Gasteiger charge is -2.55. The van der Waals surface area contributed by atoms with Crippen LogP contribution < -0.4 is 0 Å². The number of aryl methyl sites for hydroxylation is 3. The van der Waals surface area contributed by atoms with Gasteiger partial charge in [-0.3, -0.25) is 4.68 Å². The second-order valence-electron chi connectivity index (χ2n) is 10.5.